The number of hydrazone groups is 1. The summed E-state index contributed by atoms with van der Waals surface area (Å²) in [5.41, 5.74) is 32.1. The van der Waals surface area contributed by atoms with E-state index in [2.05, 4.69) is 41.2 Å². The fourth-order valence-corrected chi connectivity index (χ4v) is 6.36. The molecule has 0 aromatic heterocycles. The number of allylic oxidation sites excluding steroid dienone is 1. The Hall–Kier alpha value is -5.40. The predicted octanol–water partition coefficient (Wildman–Crippen LogP) is 0.306. The van der Waals surface area contributed by atoms with Gasteiger partial charge in [-0.1, -0.05) is 0 Å². The first-order chi connectivity index (χ1) is 26.5. The van der Waals surface area contributed by atoms with Crippen LogP contribution in [-0.4, -0.2) is 37.4 Å². The van der Waals surface area contributed by atoms with Gasteiger partial charge in [-0.2, -0.15) is 20.4 Å². The molecule has 20 nitrogen and oxygen atoms in total. The zero-order valence-electron chi connectivity index (χ0n) is 30.4. The average molecular weight is 840 g/mol. The maximum atomic E-state index is 13.8. The second-order valence-corrected chi connectivity index (χ2v) is 14.4. The van der Waals surface area contributed by atoms with Crippen LogP contribution in [0.25, 0.3) is 6.08 Å². The summed E-state index contributed by atoms with van der Waals surface area (Å²) in [6.07, 6.45) is 0.684. The van der Waals surface area contributed by atoms with Crippen molar-refractivity contribution in [2.24, 2.45) is 35.8 Å². The zero-order chi connectivity index (χ0) is 40.4. The van der Waals surface area contributed by atoms with Crippen molar-refractivity contribution in [2.75, 3.05) is 34.1 Å². The monoisotopic (exact) mass is 839 g/mol. The fourth-order valence-electron chi connectivity index (χ4n) is 5.05. The van der Waals surface area contributed by atoms with Crippen LogP contribution in [-0.2, 0) is 20.2 Å². The van der Waals surface area contributed by atoms with Crippen molar-refractivity contribution in [3.63, 3.8) is 0 Å². The van der Waals surface area contributed by atoms with Crippen molar-refractivity contribution >= 4 is 106 Å². The SMILES string of the molecule is Nc1ccc(N=Nc2ccc(N=Nc3c(S(=O)(=O)[O-])cc4c(c3N)C(=O)/C(=N\Nc3ccc(N=Nc5ccc(N)cc5N)cc3)C(S(=O)(=O)[O-])=C4)cc2)c(N)c1.[Na+].[Na+]. The molecule has 11 N–H and O–H groups in total. The number of nitrogen functional groups attached to an aromatic ring is 5. The van der Waals surface area contributed by atoms with Gasteiger partial charge < -0.3 is 37.8 Å². The second kappa shape index (κ2) is 18.5. The number of rotatable bonds is 10. The number of nitrogens with one attached hydrogen (secondary N) is 1. The molecule has 0 saturated heterocycles. The van der Waals surface area contributed by atoms with Gasteiger partial charge in [-0.05, 0) is 103 Å². The van der Waals surface area contributed by atoms with Crippen molar-refractivity contribution in [3.8, 4) is 0 Å². The molecule has 1 aliphatic rings. The molecule has 0 bridgehead atoms. The number of hydrogen-bond acceptors (Lipinski definition) is 20. The quantitative estimate of drug-likeness (QED) is 0.0363. The molecule has 0 aliphatic heterocycles. The van der Waals surface area contributed by atoms with Crippen LogP contribution < -0.4 is 93.2 Å². The van der Waals surface area contributed by atoms with Crippen LogP contribution >= 0.6 is 0 Å². The Bertz CT molecular complexity index is 2800. The molecule has 284 valence electrons. The summed E-state index contributed by atoms with van der Waals surface area (Å²) in [5, 5.41) is 28.0. The van der Waals surface area contributed by atoms with Crippen molar-refractivity contribution < 1.29 is 89.9 Å². The topological polar surface area (TPSA) is 360 Å². The molecule has 0 fully saturated rings. The van der Waals surface area contributed by atoms with Crippen LogP contribution in [0.2, 0.25) is 0 Å². The number of nitrogens with two attached hydrogens (primary N) is 5. The van der Waals surface area contributed by atoms with E-state index in [1.807, 2.05) is 0 Å². The van der Waals surface area contributed by atoms with Crippen molar-refractivity contribution in [2.45, 2.75) is 4.90 Å². The van der Waals surface area contributed by atoms with Gasteiger partial charge in [0.15, 0.2) is 0 Å². The van der Waals surface area contributed by atoms with Crippen LogP contribution in [0.15, 0.2) is 137 Å². The first kappa shape index (κ1) is 45.3. The maximum absolute atomic E-state index is 13.8. The molecular weight excluding hydrogens is 813 g/mol. The van der Waals surface area contributed by atoms with E-state index in [4.69, 9.17) is 28.7 Å². The fraction of sp³-hybridized carbons (Fsp3) is 0. The number of nitrogens with zero attached hydrogens (tertiary/aromatic N) is 7. The predicted molar refractivity (Wildman–Crippen MR) is 208 cm³/mol. The van der Waals surface area contributed by atoms with E-state index in [0.717, 1.165) is 0 Å². The van der Waals surface area contributed by atoms with Crippen LogP contribution in [0.3, 0.4) is 0 Å². The minimum absolute atomic E-state index is 0. The molecule has 0 saturated carbocycles. The Labute approximate surface area is 374 Å². The number of hydrogen-bond donors (Lipinski definition) is 6. The van der Waals surface area contributed by atoms with Gasteiger partial charge in [-0.25, -0.2) is 16.8 Å². The Balaban J connectivity index is 0.00000372. The third-order valence-corrected chi connectivity index (χ3v) is 9.46. The first-order valence-electron chi connectivity index (χ1n) is 15.7. The van der Waals surface area contributed by atoms with E-state index in [1.165, 1.54) is 60.7 Å². The summed E-state index contributed by atoms with van der Waals surface area (Å²) in [6, 6.07) is 21.9. The first-order valence-corrected chi connectivity index (χ1v) is 18.5. The van der Waals surface area contributed by atoms with Gasteiger partial charge in [0.1, 0.15) is 43.0 Å². The van der Waals surface area contributed by atoms with Gasteiger partial charge >= 0.3 is 59.1 Å². The van der Waals surface area contributed by atoms with Crippen LogP contribution in [0.1, 0.15) is 15.9 Å². The van der Waals surface area contributed by atoms with Crippen LogP contribution in [0.5, 0.6) is 0 Å². The van der Waals surface area contributed by atoms with E-state index in [9.17, 15) is 30.7 Å². The van der Waals surface area contributed by atoms with Gasteiger partial charge in [0, 0.05) is 11.4 Å². The second-order valence-electron chi connectivity index (χ2n) is 11.7. The molecule has 0 amide bonds. The third-order valence-electron chi connectivity index (χ3n) is 7.76. The molecule has 5 aromatic carbocycles. The molecule has 58 heavy (non-hydrogen) atoms. The summed E-state index contributed by atoms with van der Waals surface area (Å²) < 4.78 is 73.9. The van der Waals surface area contributed by atoms with Crippen molar-refractivity contribution in [1.82, 2.24) is 0 Å². The smallest absolute Gasteiger partial charge is 0.744 e. The minimum Gasteiger partial charge on any atom is -0.744 e. The normalized spacial score (nSPS) is 13.7. The standard InChI is InChI=1S/C34H29N13O7S2.2Na/c35-18-1-11-26(24(37)15-18)44-40-20-3-7-22(8-4-20)42-46-32-28(55(49,50)51)13-17-14-29(56(52,53)54)33(34(48)30(17)31(32)39)47-43-23-9-5-21(6-10-23)41-45-27-12-2-19(36)16-25(27)38;;/h1-16,43H,35-39H2,(H,49,50,51)(H,52,53,54);;/q;2*+1/p-2/b44-40?,45-41?,46-42?,47-33-;;. The Kier molecular flexibility index (Phi) is 14.4. The summed E-state index contributed by atoms with van der Waals surface area (Å²) in [4.78, 5) is 11.6. The van der Waals surface area contributed by atoms with Crippen LogP contribution in [0.4, 0.5) is 68.2 Å². The van der Waals surface area contributed by atoms with Crippen molar-refractivity contribution in [3.05, 3.63) is 107 Å². The van der Waals surface area contributed by atoms with Gasteiger partial charge in [-0.3, -0.25) is 10.2 Å². The van der Waals surface area contributed by atoms with E-state index in [-0.39, 0.29) is 70.5 Å². The molecular formula is C34H27N13Na2O7S2. The number of Topliss-reactive ketones (excluding diaryl/α,β-unsaturated/α-hetero) is 1. The summed E-state index contributed by atoms with van der Waals surface area (Å²) >= 11 is 0. The van der Waals surface area contributed by atoms with Crippen LogP contribution in [0, 0.1) is 0 Å². The summed E-state index contributed by atoms with van der Waals surface area (Å²) in [6.45, 7) is 0. The minimum atomic E-state index is -5.41. The van der Waals surface area contributed by atoms with E-state index >= 15 is 0 Å². The Morgan fingerprint density at radius 1 is 0.569 bits per heavy atom. The molecule has 0 heterocycles. The number of benzene rings is 5. The number of azo groups is 3. The number of carbonyl (C=O) groups excluding carboxylic acids is 1. The van der Waals surface area contributed by atoms with Gasteiger partial charge in [0.25, 0.3) is 0 Å². The maximum Gasteiger partial charge on any atom is 1.00 e. The van der Waals surface area contributed by atoms with E-state index in [1.54, 1.807) is 24.3 Å². The third kappa shape index (κ3) is 10.6. The van der Waals surface area contributed by atoms with E-state index in [0.29, 0.717) is 57.6 Å². The Morgan fingerprint density at radius 2 is 1.03 bits per heavy atom. The van der Waals surface area contributed by atoms with Crippen molar-refractivity contribution in [1.29, 1.82) is 0 Å². The zero-order valence-corrected chi connectivity index (χ0v) is 36.1. The number of ketones is 1. The average Bonchev–Trinajstić information content (AvgIpc) is 3.13. The summed E-state index contributed by atoms with van der Waals surface area (Å²) in [5.74, 6) is -1.20. The Morgan fingerprint density at radius 3 is 1.48 bits per heavy atom. The van der Waals surface area contributed by atoms with Gasteiger partial charge in [-0.15, -0.1) is 15.3 Å². The summed E-state index contributed by atoms with van der Waals surface area (Å²) in [7, 11) is -10.8. The van der Waals surface area contributed by atoms with Gasteiger partial charge in [0.2, 0.25) is 5.78 Å². The molecule has 0 spiro atoms. The number of anilines is 6. The molecule has 24 heteroatoms. The number of carbonyl (C=O) groups is 1. The van der Waals surface area contributed by atoms with E-state index < -0.39 is 64.0 Å². The largest absolute Gasteiger partial charge is 1.00 e. The molecule has 6 rings (SSSR count). The molecule has 0 unspecified atom stereocenters. The van der Waals surface area contributed by atoms with Gasteiger partial charge in [0.05, 0.1) is 55.2 Å². The molecule has 0 radical (unpaired) electrons. The number of fused-ring (bicyclic) bond motifs is 1. The molecule has 0 atom stereocenters. The molecule has 1 aliphatic carbocycles. The molecule has 5 aromatic rings.